The van der Waals surface area contributed by atoms with Crippen molar-refractivity contribution >= 4 is 22.1 Å². The van der Waals surface area contributed by atoms with Gasteiger partial charge in [0.2, 0.25) is 0 Å². The number of rotatable bonds is 3. The second kappa shape index (κ2) is 6.08. The predicted molar refractivity (Wildman–Crippen MR) is 111 cm³/mol. The van der Waals surface area contributed by atoms with Crippen LogP contribution in [-0.2, 0) is 7.05 Å². The zero-order valence-electron chi connectivity index (χ0n) is 16.2. The Labute approximate surface area is 169 Å². The molecule has 146 valence electrons. The van der Waals surface area contributed by atoms with Gasteiger partial charge in [0.1, 0.15) is 11.2 Å². The van der Waals surface area contributed by atoms with Crippen LogP contribution < -0.4 is 0 Å². The first-order valence-electron chi connectivity index (χ1n) is 9.35. The molecule has 30 heavy (non-hydrogen) atoms. The summed E-state index contributed by atoms with van der Waals surface area (Å²) in [4.78, 5) is 21.4. The molecule has 0 fully saturated rings. The van der Waals surface area contributed by atoms with Gasteiger partial charge in [-0.3, -0.25) is 14.8 Å². The van der Waals surface area contributed by atoms with Crippen LogP contribution in [-0.4, -0.2) is 49.5 Å². The first kappa shape index (κ1) is 16.6. The van der Waals surface area contributed by atoms with Gasteiger partial charge < -0.3 is 9.55 Å². The number of fused-ring (bicyclic) bond motifs is 2. The van der Waals surface area contributed by atoms with E-state index in [1.165, 1.54) is 0 Å². The summed E-state index contributed by atoms with van der Waals surface area (Å²) in [6, 6.07) is 3.91. The molecule has 0 aliphatic rings. The number of H-pyrrole nitrogens is 2. The van der Waals surface area contributed by atoms with E-state index >= 15 is 0 Å². The zero-order valence-corrected chi connectivity index (χ0v) is 16.2. The van der Waals surface area contributed by atoms with Crippen molar-refractivity contribution in [3.05, 3.63) is 55.1 Å². The Kier molecular flexibility index (Phi) is 3.36. The van der Waals surface area contributed by atoms with E-state index in [-0.39, 0.29) is 0 Å². The zero-order chi connectivity index (χ0) is 20.2. The van der Waals surface area contributed by atoms with Gasteiger partial charge in [0.15, 0.2) is 11.5 Å². The lowest BCUT2D eigenvalue weighted by Crippen LogP contribution is -1.92. The molecule has 0 saturated carbocycles. The Morgan fingerprint density at radius 1 is 1.07 bits per heavy atom. The standard InChI is InChI=1S/C20H16N10/c1-11-8-30(10-23-11)16-3-4-21-19-18(16)25-20(26-19)17-13-5-14(12-6-24-29(2)9-12)22-7-15(13)27-28-17/h3-10H,1-2H3,(H,27,28)(H,21,25,26). The molecule has 0 atom stereocenters. The fourth-order valence-corrected chi connectivity index (χ4v) is 3.58. The van der Waals surface area contributed by atoms with Gasteiger partial charge in [0, 0.05) is 36.6 Å². The maximum absolute atomic E-state index is 4.81. The number of nitrogens with zero attached hydrogens (tertiary/aromatic N) is 8. The fourth-order valence-electron chi connectivity index (χ4n) is 3.58. The minimum absolute atomic E-state index is 0.636. The Bertz CT molecular complexity index is 1530. The van der Waals surface area contributed by atoms with E-state index in [4.69, 9.17) is 4.98 Å². The second-order valence-corrected chi connectivity index (χ2v) is 7.13. The minimum Gasteiger partial charge on any atom is -0.321 e. The predicted octanol–water partition coefficient (Wildman–Crippen LogP) is 2.79. The number of aryl methyl sites for hydroxylation is 2. The maximum atomic E-state index is 4.81. The van der Waals surface area contributed by atoms with Crippen LogP contribution in [0.5, 0.6) is 0 Å². The third kappa shape index (κ3) is 2.50. The number of hydrogen-bond donors (Lipinski definition) is 2. The number of hydrogen-bond acceptors (Lipinski definition) is 6. The van der Waals surface area contributed by atoms with E-state index in [0.717, 1.165) is 39.1 Å². The summed E-state index contributed by atoms with van der Waals surface area (Å²) in [5.41, 5.74) is 6.58. The fraction of sp³-hybridized carbons (Fsp3) is 0.100. The average Bonchev–Trinajstić information content (AvgIpc) is 3.52. The van der Waals surface area contributed by atoms with Crippen LogP contribution in [0.1, 0.15) is 5.69 Å². The number of imidazole rings is 2. The van der Waals surface area contributed by atoms with Crippen molar-refractivity contribution in [1.29, 1.82) is 0 Å². The van der Waals surface area contributed by atoms with Gasteiger partial charge in [-0.1, -0.05) is 0 Å². The molecule has 6 rings (SSSR count). The van der Waals surface area contributed by atoms with Gasteiger partial charge in [0.05, 0.1) is 41.3 Å². The molecule has 0 radical (unpaired) electrons. The lowest BCUT2D eigenvalue weighted by molar-refractivity contribution is 0.768. The third-order valence-electron chi connectivity index (χ3n) is 5.03. The molecule has 0 spiro atoms. The summed E-state index contributed by atoms with van der Waals surface area (Å²) in [7, 11) is 1.88. The molecule has 0 aliphatic heterocycles. The summed E-state index contributed by atoms with van der Waals surface area (Å²) in [5, 5.41) is 12.7. The SMILES string of the molecule is Cc1cn(-c2ccnc3[nH]c(-c4n[nH]c5cnc(-c6cnn(C)c6)cc45)nc23)cn1. The quantitative estimate of drug-likeness (QED) is 0.475. The molecule has 0 unspecified atom stereocenters. The summed E-state index contributed by atoms with van der Waals surface area (Å²) in [5.74, 6) is 0.636. The number of pyridine rings is 2. The molecule has 6 aromatic rings. The monoisotopic (exact) mass is 396 g/mol. The highest BCUT2D eigenvalue weighted by Crippen LogP contribution is 2.29. The van der Waals surface area contributed by atoms with Crippen molar-refractivity contribution in [2.45, 2.75) is 6.92 Å². The topological polar surface area (TPSA) is 119 Å². The smallest absolute Gasteiger partial charge is 0.161 e. The van der Waals surface area contributed by atoms with Crippen LogP contribution in [0.3, 0.4) is 0 Å². The molecular weight excluding hydrogens is 380 g/mol. The van der Waals surface area contributed by atoms with Crippen LogP contribution in [0.15, 0.2) is 49.4 Å². The summed E-state index contributed by atoms with van der Waals surface area (Å²) in [6.45, 7) is 1.95. The van der Waals surface area contributed by atoms with Crippen molar-refractivity contribution in [2.75, 3.05) is 0 Å². The Balaban J connectivity index is 1.52. The molecule has 10 heteroatoms. The first-order chi connectivity index (χ1) is 14.7. The van der Waals surface area contributed by atoms with Crippen molar-refractivity contribution in [3.63, 3.8) is 0 Å². The summed E-state index contributed by atoms with van der Waals surface area (Å²) >= 11 is 0. The first-order valence-corrected chi connectivity index (χ1v) is 9.35. The van der Waals surface area contributed by atoms with Gasteiger partial charge >= 0.3 is 0 Å². The number of aromatic nitrogens is 10. The van der Waals surface area contributed by atoms with Crippen molar-refractivity contribution in [2.24, 2.45) is 7.05 Å². The molecule has 0 aromatic carbocycles. The normalized spacial score (nSPS) is 11.7. The summed E-state index contributed by atoms with van der Waals surface area (Å²) < 4.78 is 3.69. The molecule has 0 saturated heterocycles. The van der Waals surface area contributed by atoms with E-state index in [9.17, 15) is 0 Å². The molecular formula is C20H16N10. The maximum Gasteiger partial charge on any atom is 0.161 e. The van der Waals surface area contributed by atoms with Crippen molar-refractivity contribution in [1.82, 2.24) is 49.5 Å². The van der Waals surface area contributed by atoms with Crippen molar-refractivity contribution in [3.8, 4) is 28.5 Å². The van der Waals surface area contributed by atoms with E-state index in [1.54, 1.807) is 29.6 Å². The highest BCUT2D eigenvalue weighted by molar-refractivity contribution is 5.95. The summed E-state index contributed by atoms with van der Waals surface area (Å²) in [6.07, 6.45) is 11.0. The molecule has 0 aliphatic carbocycles. The van der Waals surface area contributed by atoms with Crippen LogP contribution >= 0.6 is 0 Å². The van der Waals surface area contributed by atoms with E-state index in [0.29, 0.717) is 17.2 Å². The lowest BCUT2D eigenvalue weighted by atomic mass is 10.1. The van der Waals surface area contributed by atoms with Gasteiger partial charge in [-0.05, 0) is 19.1 Å². The van der Waals surface area contributed by atoms with Gasteiger partial charge in [0.25, 0.3) is 0 Å². The molecule has 0 bridgehead atoms. The Hall–Kier alpha value is -4.34. The second-order valence-electron chi connectivity index (χ2n) is 7.13. The van der Waals surface area contributed by atoms with E-state index in [2.05, 4.69) is 35.2 Å². The number of nitrogens with one attached hydrogen (secondary N) is 2. The van der Waals surface area contributed by atoms with Gasteiger partial charge in [-0.25, -0.2) is 15.0 Å². The van der Waals surface area contributed by atoms with Crippen LogP contribution in [0.25, 0.3) is 50.5 Å². The highest BCUT2D eigenvalue weighted by atomic mass is 15.2. The molecule has 6 aromatic heterocycles. The Morgan fingerprint density at radius 3 is 2.80 bits per heavy atom. The van der Waals surface area contributed by atoms with Crippen LogP contribution in [0.2, 0.25) is 0 Å². The minimum atomic E-state index is 0.636. The average molecular weight is 396 g/mol. The lowest BCUT2D eigenvalue weighted by Gasteiger charge is -2.01. The van der Waals surface area contributed by atoms with Crippen molar-refractivity contribution < 1.29 is 0 Å². The molecule has 10 nitrogen and oxygen atoms in total. The van der Waals surface area contributed by atoms with E-state index < -0.39 is 0 Å². The highest BCUT2D eigenvalue weighted by Gasteiger charge is 2.17. The molecule has 2 N–H and O–H groups in total. The molecule has 0 amide bonds. The van der Waals surface area contributed by atoms with Crippen LogP contribution in [0.4, 0.5) is 0 Å². The third-order valence-corrected chi connectivity index (χ3v) is 5.03. The van der Waals surface area contributed by atoms with E-state index in [1.807, 2.05) is 43.1 Å². The number of aromatic amines is 2. The Morgan fingerprint density at radius 2 is 2.00 bits per heavy atom. The van der Waals surface area contributed by atoms with Gasteiger partial charge in [-0.15, -0.1) is 0 Å². The van der Waals surface area contributed by atoms with Crippen LogP contribution in [0, 0.1) is 6.92 Å². The van der Waals surface area contributed by atoms with Gasteiger partial charge in [-0.2, -0.15) is 10.2 Å². The molecule has 6 heterocycles. The largest absolute Gasteiger partial charge is 0.321 e.